The van der Waals surface area contributed by atoms with Gasteiger partial charge in [-0.15, -0.1) is 0 Å². The van der Waals surface area contributed by atoms with Gasteiger partial charge in [-0.1, -0.05) is 11.6 Å². The Morgan fingerprint density at radius 3 is 2.89 bits per heavy atom. The van der Waals surface area contributed by atoms with Crippen LogP contribution >= 0.6 is 27.5 Å². The molecule has 1 rings (SSSR count). The van der Waals surface area contributed by atoms with Crippen LogP contribution in [0, 0.1) is 0 Å². The molecule has 2 N–H and O–H groups in total. The summed E-state index contributed by atoms with van der Waals surface area (Å²) in [6, 6.07) is 5.53. The first-order chi connectivity index (χ1) is 8.63. The summed E-state index contributed by atoms with van der Waals surface area (Å²) in [4.78, 5) is 0. The number of methoxy groups -OCH3 is 1. The number of nitrogens with one attached hydrogen (secondary N) is 1. The van der Waals surface area contributed by atoms with Gasteiger partial charge >= 0.3 is 0 Å². The Morgan fingerprint density at radius 1 is 1.44 bits per heavy atom. The van der Waals surface area contributed by atoms with E-state index in [1.54, 1.807) is 13.2 Å². The Balaban J connectivity index is 2.24. The molecule has 0 fully saturated rings. The predicted molar refractivity (Wildman–Crippen MR) is 76.3 cm³/mol. The topological polar surface area (TPSA) is 50.7 Å². The lowest BCUT2D eigenvalue weighted by atomic mass is 10.3. The third kappa shape index (κ3) is 6.02. The number of benzene rings is 1. The van der Waals surface area contributed by atoms with Gasteiger partial charge in [0.15, 0.2) is 0 Å². The van der Waals surface area contributed by atoms with Crippen LogP contribution in [0.15, 0.2) is 22.7 Å². The second kappa shape index (κ2) is 8.72. The molecule has 102 valence electrons. The van der Waals surface area contributed by atoms with Crippen molar-refractivity contribution in [1.82, 2.24) is 0 Å². The molecule has 0 radical (unpaired) electrons. The SMILES string of the molecule is COCCOCC(O)CNc1ccc(Br)c(Cl)c1. The molecule has 1 atom stereocenters. The van der Waals surface area contributed by atoms with Gasteiger partial charge in [0.25, 0.3) is 0 Å². The van der Waals surface area contributed by atoms with Crippen LogP contribution < -0.4 is 5.32 Å². The van der Waals surface area contributed by atoms with Gasteiger partial charge in [0.2, 0.25) is 0 Å². The molecule has 0 saturated carbocycles. The number of hydrogen-bond donors (Lipinski definition) is 2. The molecule has 1 aromatic carbocycles. The van der Waals surface area contributed by atoms with Crippen molar-refractivity contribution >= 4 is 33.2 Å². The van der Waals surface area contributed by atoms with E-state index in [1.807, 2.05) is 12.1 Å². The zero-order chi connectivity index (χ0) is 13.4. The van der Waals surface area contributed by atoms with Crippen molar-refractivity contribution in [2.75, 3.05) is 38.8 Å². The van der Waals surface area contributed by atoms with E-state index in [0.717, 1.165) is 10.2 Å². The molecular formula is C12H17BrClNO3. The summed E-state index contributed by atoms with van der Waals surface area (Å²) in [5.74, 6) is 0. The zero-order valence-corrected chi connectivity index (χ0v) is 12.5. The molecule has 0 aromatic heterocycles. The third-order valence-corrected chi connectivity index (χ3v) is 3.44. The minimum atomic E-state index is -0.565. The number of rotatable bonds is 8. The molecule has 0 amide bonds. The average Bonchev–Trinajstić information content (AvgIpc) is 2.36. The number of aliphatic hydroxyl groups excluding tert-OH is 1. The molecule has 4 nitrogen and oxygen atoms in total. The second-order valence-electron chi connectivity index (χ2n) is 3.73. The highest BCUT2D eigenvalue weighted by Gasteiger charge is 2.05. The van der Waals surface area contributed by atoms with E-state index in [0.29, 0.717) is 24.8 Å². The van der Waals surface area contributed by atoms with Gasteiger partial charge in [-0.05, 0) is 34.1 Å². The van der Waals surface area contributed by atoms with E-state index in [2.05, 4.69) is 21.2 Å². The molecule has 6 heteroatoms. The quantitative estimate of drug-likeness (QED) is 0.715. The highest BCUT2D eigenvalue weighted by atomic mass is 79.9. The first-order valence-electron chi connectivity index (χ1n) is 5.57. The summed E-state index contributed by atoms with van der Waals surface area (Å²) in [5, 5.41) is 13.4. The van der Waals surface area contributed by atoms with Gasteiger partial charge in [0.1, 0.15) is 0 Å². The molecule has 0 bridgehead atoms. The van der Waals surface area contributed by atoms with E-state index in [9.17, 15) is 5.11 Å². The number of aliphatic hydroxyl groups is 1. The van der Waals surface area contributed by atoms with Crippen molar-refractivity contribution in [2.45, 2.75) is 6.10 Å². The van der Waals surface area contributed by atoms with Crippen LogP contribution in [-0.2, 0) is 9.47 Å². The van der Waals surface area contributed by atoms with Crippen molar-refractivity contribution in [2.24, 2.45) is 0 Å². The fraction of sp³-hybridized carbons (Fsp3) is 0.500. The standard InChI is InChI=1S/C12H17BrClNO3/c1-17-4-5-18-8-10(16)7-15-9-2-3-11(13)12(14)6-9/h2-3,6,10,15-16H,4-5,7-8H2,1H3. The zero-order valence-electron chi connectivity index (χ0n) is 10.2. The summed E-state index contributed by atoms with van der Waals surface area (Å²) in [6.07, 6.45) is -0.565. The monoisotopic (exact) mass is 337 g/mol. The molecule has 18 heavy (non-hydrogen) atoms. The Labute approximate surface area is 120 Å². The van der Waals surface area contributed by atoms with E-state index < -0.39 is 6.10 Å². The number of halogens is 2. The molecule has 1 unspecified atom stereocenters. The van der Waals surface area contributed by atoms with Crippen LogP contribution in [0.3, 0.4) is 0 Å². The van der Waals surface area contributed by atoms with Crippen LogP contribution in [0.2, 0.25) is 5.02 Å². The molecule has 0 aliphatic rings. The molecule has 0 saturated heterocycles. The molecule has 0 aliphatic heterocycles. The Bertz CT molecular complexity index is 365. The van der Waals surface area contributed by atoms with Crippen LogP contribution in [0.1, 0.15) is 0 Å². The van der Waals surface area contributed by atoms with Gasteiger partial charge < -0.3 is 19.9 Å². The van der Waals surface area contributed by atoms with E-state index >= 15 is 0 Å². The van der Waals surface area contributed by atoms with Crippen molar-refractivity contribution in [1.29, 1.82) is 0 Å². The fourth-order valence-corrected chi connectivity index (χ4v) is 1.69. The lowest BCUT2D eigenvalue weighted by Gasteiger charge is -2.13. The Morgan fingerprint density at radius 2 is 2.22 bits per heavy atom. The van der Waals surface area contributed by atoms with Gasteiger partial charge in [-0.2, -0.15) is 0 Å². The van der Waals surface area contributed by atoms with E-state index in [-0.39, 0.29) is 6.61 Å². The maximum atomic E-state index is 9.66. The van der Waals surface area contributed by atoms with Gasteiger partial charge in [-0.3, -0.25) is 0 Å². The summed E-state index contributed by atoms with van der Waals surface area (Å²) in [6.45, 7) is 1.70. The molecule has 0 spiro atoms. The first kappa shape index (κ1) is 15.7. The number of hydrogen-bond acceptors (Lipinski definition) is 4. The molecule has 0 aliphatic carbocycles. The Kier molecular flexibility index (Phi) is 7.62. The average molecular weight is 339 g/mol. The van der Waals surface area contributed by atoms with Crippen LogP contribution in [0.4, 0.5) is 5.69 Å². The van der Waals surface area contributed by atoms with Crippen molar-refractivity contribution in [3.8, 4) is 0 Å². The fourth-order valence-electron chi connectivity index (χ4n) is 1.26. The minimum absolute atomic E-state index is 0.278. The maximum Gasteiger partial charge on any atom is 0.0945 e. The van der Waals surface area contributed by atoms with Crippen molar-refractivity contribution in [3.63, 3.8) is 0 Å². The normalized spacial score (nSPS) is 12.4. The molecule has 0 heterocycles. The van der Waals surface area contributed by atoms with E-state index in [1.165, 1.54) is 0 Å². The Hall–Kier alpha value is -0.330. The third-order valence-electron chi connectivity index (χ3n) is 2.20. The van der Waals surface area contributed by atoms with Crippen molar-refractivity contribution in [3.05, 3.63) is 27.7 Å². The summed E-state index contributed by atoms with van der Waals surface area (Å²) in [7, 11) is 1.61. The van der Waals surface area contributed by atoms with E-state index in [4.69, 9.17) is 21.1 Å². The maximum absolute atomic E-state index is 9.66. The highest BCUT2D eigenvalue weighted by Crippen LogP contribution is 2.25. The van der Waals surface area contributed by atoms with Gasteiger partial charge in [0.05, 0.1) is 30.9 Å². The first-order valence-corrected chi connectivity index (χ1v) is 6.74. The van der Waals surface area contributed by atoms with Crippen molar-refractivity contribution < 1.29 is 14.6 Å². The van der Waals surface area contributed by atoms with Crippen LogP contribution in [0.25, 0.3) is 0 Å². The summed E-state index contributed by atoms with van der Waals surface area (Å²) < 4.78 is 10.9. The smallest absolute Gasteiger partial charge is 0.0945 e. The highest BCUT2D eigenvalue weighted by molar-refractivity contribution is 9.10. The van der Waals surface area contributed by atoms with Crippen LogP contribution in [0.5, 0.6) is 0 Å². The lowest BCUT2D eigenvalue weighted by Crippen LogP contribution is -2.25. The van der Waals surface area contributed by atoms with Gasteiger partial charge in [0, 0.05) is 23.8 Å². The molecular weight excluding hydrogens is 321 g/mol. The van der Waals surface area contributed by atoms with Crippen LogP contribution in [-0.4, -0.2) is 44.7 Å². The number of anilines is 1. The number of ether oxygens (including phenoxy) is 2. The summed E-state index contributed by atoms with van der Waals surface area (Å²) in [5.41, 5.74) is 0.860. The largest absolute Gasteiger partial charge is 0.389 e. The second-order valence-corrected chi connectivity index (χ2v) is 4.99. The summed E-state index contributed by atoms with van der Waals surface area (Å²) >= 11 is 9.28. The molecule has 1 aromatic rings. The lowest BCUT2D eigenvalue weighted by molar-refractivity contribution is 0.0182. The minimum Gasteiger partial charge on any atom is -0.389 e. The van der Waals surface area contributed by atoms with Gasteiger partial charge in [-0.25, -0.2) is 0 Å². The predicted octanol–water partition coefficient (Wildman–Crippen LogP) is 2.54.